The van der Waals surface area contributed by atoms with E-state index >= 15 is 0 Å². The monoisotopic (exact) mass is 381 g/mol. The van der Waals surface area contributed by atoms with Crippen molar-refractivity contribution in [2.45, 2.75) is 38.8 Å². The highest BCUT2D eigenvalue weighted by Gasteiger charge is 2.31. The molecule has 28 heavy (non-hydrogen) atoms. The Bertz CT molecular complexity index is 969. The predicted octanol–water partition coefficient (Wildman–Crippen LogP) is 3.68. The van der Waals surface area contributed by atoms with Crippen molar-refractivity contribution in [1.29, 1.82) is 0 Å². The Labute approximate surface area is 163 Å². The number of benzene rings is 1. The quantitative estimate of drug-likeness (QED) is 0.733. The summed E-state index contributed by atoms with van der Waals surface area (Å²) in [5.74, 6) is 0.948. The number of likely N-dealkylation sites (tertiary alicyclic amines) is 1. The molecule has 2 amide bonds. The molecule has 0 radical (unpaired) electrons. The van der Waals surface area contributed by atoms with Gasteiger partial charge in [-0.15, -0.1) is 0 Å². The molecule has 1 atom stereocenters. The lowest BCUT2D eigenvalue weighted by Crippen LogP contribution is -2.38. The molecule has 1 N–H and O–H groups in total. The van der Waals surface area contributed by atoms with E-state index in [0.29, 0.717) is 19.6 Å². The average molecular weight is 381 g/mol. The van der Waals surface area contributed by atoms with Gasteiger partial charge < -0.3 is 14.8 Å². The molecule has 3 heterocycles. The number of imidazole rings is 1. The summed E-state index contributed by atoms with van der Waals surface area (Å²) in [5.41, 5.74) is 2.70. The van der Waals surface area contributed by atoms with Gasteiger partial charge in [-0.3, -0.25) is 0 Å². The third-order valence-corrected chi connectivity index (χ3v) is 5.18. The number of hydrogen-bond donors (Lipinski definition) is 1. The summed E-state index contributed by atoms with van der Waals surface area (Å²) in [6.45, 7) is 4.74. The number of nitrogens with one attached hydrogen (secondary N) is 1. The minimum absolute atomic E-state index is 0.0943. The van der Waals surface area contributed by atoms with Crippen LogP contribution < -0.4 is 5.32 Å². The van der Waals surface area contributed by atoms with Crippen LogP contribution >= 0.6 is 0 Å². The van der Waals surface area contributed by atoms with Gasteiger partial charge in [0.05, 0.1) is 0 Å². The molecule has 7 heteroatoms. The molecular formula is C21H24FN5O. The molecule has 1 saturated heterocycles. The molecule has 0 unspecified atom stereocenters. The minimum atomic E-state index is -0.276. The van der Waals surface area contributed by atoms with Gasteiger partial charge in [0.1, 0.15) is 17.2 Å². The number of nitrogens with zero attached hydrogens (tertiary/aromatic N) is 4. The molecule has 0 bridgehead atoms. The molecule has 6 nitrogen and oxygen atoms in total. The van der Waals surface area contributed by atoms with E-state index in [1.807, 2.05) is 17.0 Å². The Balaban J connectivity index is 1.43. The van der Waals surface area contributed by atoms with E-state index in [-0.39, 0.29) is 17.8 Å². The van der Waals surface area contributed by atoms with E-state index < -0.39 is 0 Å². The van der Waals surface area contributed by atoms with Crippen LogP contribution in [0.25, 0.3) is 11.2 Å². The van der Waals surface area contributed by atoms with Gasteiger partial charge in [0, 0.05) is 38.3 Å². The number of carbonyl (C=O) groups is 1. The molecule has 1 fully saturated rings. The van der Waals surface area contributed by atoms with Crippen molar-refractivity contribution in [2.75, 3.05) is 13.1 Å². The van der Waals surface area contributed by atoms with Crippen molar-refractivity contribution in [2.24, 2.45) is 0 Å². The fourth-order valence-corrected chi connectivity index (χ4v) is 3.78. The van der Waals surface area contributed by atoms with E-state index in [0.717, 1.165) is 41.9 Å². The standard InChI is InChI=1S/C21H24FN5O/c1-2-11-27-19(25-18-4-3-10-23-20(18)27)16-9-12-26(14-16)21(28)24-13-15-5-7-17(22)8-6-15/h3-8,10,16H,2,9,11-14H2,1H3,(H,24,28)/t16-/m1/s1. The average Bonchev–Trinajstić information content (AvgIpc) is 3.33. The van der Waals surface area contributed by atoms with Crippen molar-refractivity contribution in [3.8, 4) is 0 Å². The summed E-state index contributed by atoms with van der Waals surface area (Å²) in [7, 11) is 0. The van der Waals surface area contributed by atoms with Crippen LogP contribution in [-0.2, 0) is 13.1 Å². The smallest absolute Gasteiger partial charge is 0.317 e. The Morgan fingerprint density at radius 1 is 1.29 bits per heavy atom. The van der Waals surface area contributed by atoms with Crippen molar-refractivity contribution in [3.63, 3.8) is 0 Å². The summed E-state index contributed by atoms with van der Waals surface area (Å²) in [5, 5.41) is 2.92. The van der Waals surface area contributed by atoms with Gasteiger partial charge in [-0.1, -0.05) is 19.1 Å². The first-order valence-corrected chi connectivity index (χ1v) is 9.74. The molecule has 1 aliphatic heterocycles. The normalized spacial score (nSPS) is 16.6. The fourth-order valence-electron chi connectivity index (χ4n) is 3.78. The first-order chi connectivity index (χ1) is 13.7. The second-order valence-electron chi connectivity index (χ2n) is 7.18. The number of aryl methyl sites for hydroxylation is 1. The molecule has 4 rings (SSSR count). The molecule has 3 aromatic rings. The number of amides is 2. The molecule has 0 aliphatic carbocycles. The van der Waals surface area contributed by atoms with Crippen molar-refractivity contribution in [3.05, 3.63) is 59.8 Å². The van der Waals surface area contributed by atoms with Gasteiger partial charge >= 0.3 is 6.03 Å². The zero-order valence-corrected chi connectivity index (χ0v) is 15.9. The van der Waals surface area contributed by atoms with Gasteiger partial charge in [-0.05, 0) is 42.7 Å². The number of rotatable bonds is 5. The topological polar surface area (TPSA) is 63.1 Å². The molecule has 2 aromatic heterocycles. The van der Waals surface area contributed by atoms with Crippen LogP contribution in [0.15, 0.2) is 42.6 Å². The number of urea groups is 1. The highest BCUT2D eigenvalue weighted by molar-refractivity contribution is 5.75. The number of halogens is 1. The molecule has 1 aliphatic rings. The lowest BCUT2D eigenvalue weighted by Gasteiger charge is -2.18. The summed E-state index contributed by atoms with van der Waals surface area (Å²) < 4.78 is 15.2. The van der Waals surface area contributed by atoms with Gasteiger partial charge in [0.15, 0.2) is 5.65 Å². The SMILES string of the molecule is CCCn1c([C@@H]2CCN(C(=O)NCc3ccc(F)cc3)C2)nc2cccnc21. The zero-order chi connectivity index (χ0) is 19.5. The summed E-state index contributed by atoms with van der Waals surface area (Å²) in [4.78, 5) is 23.7. The van der Waals surface area contributed by atoms with Gasteiger partial charge in [0.2, 0.25) is 0 Å². The van der Waals surface area contributed by atoms with Crippen molar-refractivity contribution >= 4 is 17.2 Å². The van der Waals surface area contributed by atoms with E-state index in [9.17, 15) is 9.18 Å². The lowest BCUT2D eigenvalue weighted by molar-refractivity contribution is 0.207. The lowest BCUT2D eigenvalue weighted by atomic mass is 10.1. The van der Waals surface area contributed by atoms with Crippen molar-refractivity contribution in [1.82, 2.24) is 24.8 Å². The van der Waals surface area contributed by atoms with Crippen LogP contribution in [-0.4, -0.2) is 38.6 Å². The highest BCUT2D eigenvalue weighted by Crippen LogP contribution is 2.29. The highest BCUT2D eigenvalue weighted by atomic mass is 19.1. The minimum Gasteiger partial charge on any atom is -0.334 e. The Hall–Kier alpha value is -2.96. The van der Waals surface area contributed by atoms with Crippen LogP contribution in [0, 0.1) is 5.82 Å². The fraction of sp³-hybridized carbons (Fsp3) is 0.381. The Morgan fingerprint density at radius 2 is 2.11 bits per heavy atom. The van der Waals surface area contributed by atoms with Gasteiger partial charge in [0.25, 0.3) is 0 Å². The number of aromatic nitrogens is 3. The van der Waals surface area contributed by atoms with Crippen molar-refractivity contribution < 1.29 is 9.18 Å². The van der Waals surface area contributed by atoms with E-state index in [1.54, 1.807) is 18.3 Å². The maximum atomic E-state index is 13.0. The van der Waals surface area contributed by atoms with E-state index in [2.05, 4.69) is 21.8 Å². The number of hydrogen-bond acceptors (Lipinski definition) is 3. The third kappa shape index (κ3) is 3.69. The third-order valence-electron chi connectivity index (χ3n) is 5.18. The zero-order valence-electron chi connectivity index (χ0n) is 15.9. The van der Waals surface area contributed by atoms with Crippen LogP contribution in [0.2, 0.25) is 0 Å². The molecular weight excluding hydrogens is 357 g/mol. The van der Waals surface area contributed by atoms with Crippen LogP contribution in [0.3, 0.4) is 0 Å². The van der Waals surface area contributed by atoms with Crippen LogP contribution in [0.4, 0.5) is 9.18 Å². The van der Waals surface area contributed by atoms with Crippen LogP contribution in [0.5, 0.6) is 0 Å². The first kappa shape index (κ1) is 18.4. The second kappa shape index (κ2) is 7.96. The van der Waals surface area contributed by atoms with E-state index in [1.165, 1.54) is 12.1 Å². The Morgan fingerprint density at radius 3 is 2.89 bits per heavy atom. The number of carbonyl (C=O) groups excluding carboxylic acids is 1. The second-order valence-corrected chi connectivity index (χ2v) is 7.18. The van der Waals surface area contributed by atoms with Gasteiger partial charge in [-0.2, -0.15) is 0 Å². The number of pyridine rings is 1. The predicted molar refractivity (Wildman–Crippen MR) is 105 cm³/mol. The first-order valence-electron chi connectivity index (χ1n) is 9.74. The molecule has 146 valence electrons. The summed E-state index contributed by atoms with van der Waals surface area (Å²) >= 11 is 0. The molecule has 0 saturated carbocycles. The van der Waals surface area contributed by atoms with Gasteiger partial charge in [-0.25, -0.2) is 19.2 Å². The molecule has 1 aromatic carbocycles. The Kier molecular flexibility index (Phi) is 5.23. The summed E-state index contributed by atoms with van der Waals surface area (Å²) in [6.07, 6.45) is 3.68. The summed E-state index contributed by atoms with van der Waals surface area (Å²) in [6, 6.07) is 9.96. The van der Waals surface area contributed by atoms with E-state index in [4.69, 9.17) is 4.98 Å². The largest absolute Gasteiger partial charge is 0.334 e. The maximum Gasteiger partial charge on any atom is 0.317 e. The maximum absolute atomic E-state index is 13.0. The van der Waals surface area contributed by atoms with Crippen LogP contribution in [0.1, 0.15) is 37.1 Å². The number of fused-ring (bicyclic) bond motifs is 1. The molecule has 0 spiro atoms.